The average Bonchev–Trinajstić information content (AvgIpc) is 2.81. The second-order valence-electron chi connectivity index (χ2n) is 14.8. The Balaban J connectivity index is 1.88. The number of rotatable bonds is 3. The third-order valence-corrected chi connectivity index (χ3v) is 12.4. The molecule has 0 saturated heterocycles. The summed E-state index contributed by atoms with van der Waals surface area (Å²) >= 11 is 0. The van der Waals surface area contributed by atoms with Gasteiger partial charge in [-0.25, -0.2) is 0 Å². The maximum absolute atomic E-state index is 13.2. The monoisotopic (exact) mass is 507 g/mol. The van der Waals surface area contributed by atoms with Crippen molar-refractivity contribution < 1.29 is 19.5 Å². The molecule has 3 fully saturated rings. The van der Waals surface area contributed by atoms with Crippen molar-refractivity contribution in [3.63, 3.8) is 0 Å². The summed E-state index contributed by atoms with van der Waals surface area (Å²) in [4.78, 5) is 38.2. The number of carboxylic acids is 1. The van der Waals surface area contributed by atoms with Gasteiger partial charge >= 0.3 is 5.97 Å². The molecule has 4 aliphatic rings. The number of ketones is 1. The Bertz CT molecular complexity index is 1140. The molecule has 4 aliphatic carbocycles. The van der Waals surface area contributed by atoms with Gasteiger partial charge in [-0.15, -0.1) is 0 Å². The number of nitriles is 1. The summed E-state index contributed by atoms with van der Waals surface area (Å²) in [5, 5.41) is 20.4. The molecular weight excluding hydrogens is 462 g/mol. The molecule has 3 saturated carbocycles. The van der Waals surface area contributed by atoms with E-state index < -0.39 is 22.2 Å². The molecule has 5 nitrogen and oxygen atoms in total. The molecular formula is C32H45NO4. The summed E-state index contributed by atoms with van der Waals surface area (Å²) in [6, 6.07) is 2.15. The van der Waals surface area contributed by atoms with Gasteiger partial charge in [-0.3, -0.25) is 14.4 Å². The largest absolute Gasteiger partial charge is 0.481 e. The van der Waals surface area contributed by atoms with Crippen molar-refractivity contribution in [1.29, 1.82) is 5.26 Å². The Labute approximate surface area is 222 Å². The summed E-state index contributed by atoms with van der Waals surface area (Å²) in [6.45, 7) is 17.4. The minimum Gasteiger partial charge on any atom is -0.481 e. The molecule has 1 N–H and O–H groups in total. The molecule has 0 amide bonds. The number of hydrogen-bond acceptors (Lipinski definition) is 4. The Kier molecular flexibility index (Phi) is 6.30. The molecule has 0 spiro atoms. The standard InChI is InChI=1S/C32H45NO4/c1-20-22-18-27(2,3)12-14-32(22,26(36)37)15-13-30(20,7)31(8)11-9-23-28(4,5)25(35)21(19-33)17-29(23,6)24(31)10-16-34/h10,16-17,20,22-23H,9,11-15,18H2,1-8H3,(H,36,37)/b24-10-/t20?,22?,23-,29-,30+,31+,32-/m0/s1. The van der Waals surface area contributed by atoms with Crippen molar-refractivity contribution in [3.8, 4) is 6.07 Å². The van der Waals surface area contributed by atoms with Crippen LogP contribution in [0.1, 0.15) is 100 Å². The van der Waals surface area contributed by atoms with Crippen LogP contribution in [0.3, 0.4) is 0 Å². The van der Waals surface area contributed by atoms with Gasteiger partial charge in [-0.05, 0) is 85.0 Å². The molecule has 37 heavy (non-hydrogen) atoms. The number of hydrogen-bond donors (Lipinski definition) is 1. The van der Waals surface area contributed by atoms with Gasteiger partial charge in [0.25, 0.3) is 0 Å². The fourth-order valence-electron chi connectivity index (χ4n) is 9.83. The number of fused-ring (bicyclic) bond motifs is 2. The number of carbonyl (C=O) groups is 3. The van der Waals surface area contributed by atoms with Crippen LogP contribution in [0.5, 0.6) is 0 Å². The molecule has 0 heterocycles. The van der Waals surface area contributed by atoms with E-state index in [1.54, 1.807) is 6.08 Å². The summed E-state index contributed by atoms with van der Waals surface area (Å²) in [6.07, 6.45) is 10.0. The van der Waals surface area contributed by atoms with E-state index in [9.17, 15) is 24.8 Å². The van der Waals surface area contributed by atoms with Gasteiger partial charge < -0.3 is 5.11 Å². The Morgan fingerprint density at radius 2 is 1.68 bits per heavy atom. The molecule has 5 heteroatoms. The third-order valence-electron chi connectivity index (χ3n) is 12.4. The highest BCUT2D eigenvalue weighted by Crippen LogP contribution is 2.72. The van der Waals surface area contributed by atoms with Crippen LogP contribution >= 0.6 is 0 Å². The fourth-order valence-corrected chi connectivity index (χ4v) is 9.83. The van der Waals surface area contributed by atoms with Crippen molar-refractivity contribution in [2.75, 3.05) is 0 Å². The predicted octanol–water partition coefficient (Wildman–Crippen LogP) is 6.93. The summed E-state index contributed by atoms with van der Waals surface area (Å²) in [7, 11) is 0. The van der Waals surface area contributed by atoms with Crippen molar-refractivity contribution >= 4 is 18.0 Å². The van der Waals surface area contributed by atoms with Crippen LogP contribution in [0, 0.1) is 61.6 Å². The summed E-state index contributed by atoms with van der Waals surface area (Å²) in [5.41, 5.74) is -1.32. The highest BCUT2D eigenvalue weighted by atomic mass is 16.4. The van der Waals surface area contributed by atoms with E-state index in [1.807, 2.05) is 19.9 Å². The van der Waals surface area contributed by atoms with E-state index in [0.717, 1.165) is 50.4 Å². The maximum atomic E-state index is 13.2. The normalized spacial score (nSPS) is 45.7. The van der Waals surface area contributed by atoms with Crippen molar-refractivity contribution in [3.05, 3.63) is 23.3 Å². The molecule has 4 rings (SSSR count). The van der Waals surface area contributed by atoms with Crippen molar-refractivity contribution in [2.24, 2.45) is 50.2 Å². The Hall–Kier alpha value is -2.22. The van der Waals surface area contributed by atoms with Crippen molar-refractivity contribution in [1.82, 2.24) is 0 Å². The number of nitrogens with zero attached hydrogens (tertiary/aromatic N) is 1. The Morgan fingerprint density at radius 3 is 2.24 bits per heavy atom. The fraction of sp³-hybridized carbons (Fsp3) is 0.750. The third kappa shape index (κ3) is 3.57. The van der Waals surface area contributed by atoms with E-state index in [2.05, 4.69) is 47.6 Å². The van der Waals surface area contributed by atoms with E-state index in [1.165, 1.54) is 0 Å². The van der Waals surface area contributed by atoms with E-state index in [-0.39, 0.29) is 45.4 Å². The molecule has 0 aliphatic heterocycles. The topological polar surface area (TPSA) is 95.2 Å². The lowest BCUT2D eigenvalue weighted by Crippen LogP contribution is -2.62. The smallest absolute Gasteiger partial charge is 0.309 e. The number of aliphatic carboxylic acids is 1. The quantitative estimate of drug-likeness (QED) is 0.330. The van der Waals surface area contributed by atoms with Crippen LogP contribution in [-0.4, -0.2) is 23.1 Å². The number of aldehydes is 1. The number of Topliss-reactive ketones (excluding diaryl/α,β-unsaturated/α-hetero) is 1. The number of carboxylic acid groups (broad SMARTS) is 1. The van der Waals surface area contributed by atoms with E-state index >= 15 is 0 Å². The van der Waals surface area contributed by atoms with Gasteiger partial charge in [0.1, 0.15) is 12.4 Å². The maximum Gasteiger partial charge on any atom is 0.309 e. The first-order chi connectivity index (χ1) is 17.0. The predicted molar refractivity (Wildman–Crippen MR) is 143 cm³/mol. The molecule has 0 aromatic rings. The molecule has 0 aromatic carbocycles. The summed E-state index contributed by atoms with van der Waals surface area (Å²) in [5.74, 6) is -0.588. The zero-order chi connectivity index (χ0) is 27.8. The van der Waals surface area contributed by atoms with Crippen LogP contribution in [0.15, 0.2) is 23.3 Å². The van der Waals surface area contributed by atoms with Gasteiger partial charge in [-0.1, -0.05) is 67.0 Å². The number of carbonyl (C=O) groups excluding carboxylic acids is 2. The van der Waals surface area contributed by atoms with Crippen LogP contribution in [-0.2, 0) is 14.4 Å². The first-order valence-electron chi connectivity index (χ1n) is 14.0. The molecule has 0 bridgehead atoms. The first-order valence-corrected chi connectivity index (χ1v) is 14.0. The number of allylic oxidation sites excluding steroid dienone is 4. The van der Waals surface area contributed by atoms with E-state index in [0.29, 0.717) is 6.42 Å². The lowest BCUT2D eigenvalue weighted by atomic mass is 9.36. The lowest BCUT2D eigenvalue weighted by molar-refractivity contribution is -0.183. The van der Waals surface area contributed by atoms with Gasteiger partial charge in [0, 0.05) is 10.8 Å². The highest BCUT2D eigenvalue weighted by Gasteiger charge is 2.67. The molecule has 0 aromatic heterocycles. The molecule has 202 valence electrons. The van der Waals surface area contributed by atoms with Crippen LogP contribution in [0.4, 0.5) is 0 Å². The minimum atomic E-state index is -0.706. The second kappa shape index (κ2) is 8.39. The molecule has 7 atom stereocenters. The van der Waals surface area contributed by atoms with Crippen LogP contribution in [0.25, 0.3) is 0 Å². The molecule has 0 radical (unpaired) electrons. The van der Waals surface area contributed by atoms with Crippen LogP contribution in [0.2, 0.25) is 0 Å². The Morgan fingerprint density at radius 1 is 1.05 bits per heavy atom. The van der Waals surface area contributed by atoms with Crippen LogP contribution < -0.4 is 0 Å². The van der Waals surface area contributed by atoms with Gasteiger partial charge in [-0.2, -0.15) is 5.26 Å². The minimum absolute atomic E-state index is 0.0157. The van der Waals surface area contributed by atoms with Gasteiger partial charge in [0.15, 0.2) is 5.78 Å². The zero-order valence-electron chi connectivity index (χ0n) is 24.0. The lowest BCUT2D eigenvalue weighted by Gasteiger charge is -2.67. The van der Waals surface area contributed by atoms with Crippen molar-refractivity contribution in [2.45, 2.75) is 100 Å². The highest BCUT2D eigenvalue weighted by molar-refractivity contribution is 6.04. The second-order valence-corrected chi connectivity index (χ2v) is 14.8. The zero-order valence-corrected chi connectivity index (χ0v) is 24.0. The van der Waals surface area contributed by atoms with Gasteiger partial charge in [0.05, 0.1) is 11.0 Å². The molecule has 2 unspecified atom stereocenters. The average molecular weight is 508 g/mol. The first kappa shape index (κ1) is 27.8. The van der Waals surface area contributed by atoms with Gasteiger partial charge in [0.2, 0.25) is 0 Å². The van der Waals surface area contributed by atoms with E-state index in [4.69, 9.17) is 0 Å². The summed E-state index contributed by atoms with van der Waals surface area (Å²) < 4.78 is 0. The SMILES string of the molecule is CC1C2CC(C)(C)CC[C@]2(C(=O)O)CC[C@@]1(C)[C@]1(C)CC[C@H]2C(C)(C)C(=O)C(C#N)=C[C@]2(C)/C1=C/C=O.